The van der Waals surface area contributed by atoms with Crippen LogP contribution in [0.2, 0.25) is 5.02 Å². The second-order valence-electron chi connectivity index (χ2n) is 6.21. The third-order valence-corrected chi connectivity index (χ3v) is 4.84. The minimum absolute atomic E-state index is 0.217. The van der Waals surface area contributed by atoms with E-state index in [1.165, 1.54) is 0 Å². The van der Waals surface area contributed by atoms with Gasteiger partial charge in [0.1, 0.15) is 0 Å². The van der Waals surface area contributed by atoms with Crippen molar-refractivity contribution in [1.82, 2.24) is 24.5 Å². The molecule has 142 valence electrons. The van der Waals surface area contributed by atoms with Crippen molar-refractivity contribution in [2.75, 3.05) is 18.0 Å². The van der Waals surface area contributed by atoms with Crippen LogP contribution in [0.15, 0.2) is 59.4 Å². The zero-order chi connectivity index (χ0) is 19.7. The lowest BCUT2D eigenvalue weighted by atomic mass is 10.3. The number of para-hydroxylation sites is 1. The Kier molecular flexibility index (Phi) is 4.83. The zero-order valence-electron chi connectivity index (χ0n) is 15.6. The Labute approximate surface area is 166 Å². The summed E-state index contributed by atoms with van der Waals surface area (Å²) in [5, 5.41) is 8.90. The van der Waals surface area contributed by atoms with Crippen molar-refractivity contribution in [3.63, 3.8) is 0 Å². The van der Waals surface area contributed by atoms with Crippen molar-refractivity contribution < 1.29 is 0 Å². The van der Waals surface area contributed by atoms with Crippen LogP contribution in [0.1, 0.15) is 13.8 Å². The fraction of sp³-hybridized carbons (Fsp3) is 0.200. The summed E-state index contributed by atoms with van der Waals surface area (Å²) in [6.45, 7) is 5.46. The highest BCUT2D eigenvalue weighted by atomic mass is 35.5. The second kappa shape index (κ2) is 7.44. The van der Waals surface area contributed by atoms with Crippen LogP contribution in [0, 0.1) is 0 Å². The predicted molar refractivity (Wildman–Crippen MR) is 111 cm³/mol. The van der Waals surface area contributed by atoms with E-state index in [1.807, 2.05) is 49.1 Å². The molecule has 0 aliphatic rings. The molecular weight excluding hydrogens is 376 g/mol. The molecule has 0 atom stereocenters. The van der Waals surface area contributed by atoms with Crippen LogP contribution in [0.25, 0.3) is 22.5 Å². The summed E-state index contributed by atoms with van der Waals surface area (Å²) < 4.78 is 3.16. The summed E-state index contributed by atoms with van der Waals surface area (Å²) in [6.07, 6.45) is 0. The lowest BCUT2D eigenvalue weighted by molar-refractivity contribution is 0.780. The van der Waals surface area contributed by atoms with Gasteiger partial charge in [-0.15, -0.1) is 5.10 Å². The van der Waals surface area contributed by atoms with Crippen molar-refractivity contribution in [3.8, 4) is 11.4 Å². The van der Waals surface area contributed by atoms with Crippen LogP contribution >= 0.6 is 11.6 Å². The number of fused-ring (bicyclic) bond motifs is 1. The molecule has 4 rings (SSSR count). The van der Waals surface area contributed by atoms with E-state index in [4.69, 9.17) is 16.6 Å². The fourth-order valence-electron chi connectivity index (χ4n) is 3.14. The molecule has 0 N–H and O–H groups in total. The van der Waals surface area contributed by atoms with E-state index in [2.05, 4.69) is 10.3 Å². The first-order valence-electron chi connectivity index (χ1n) is 9.08. The van der Waals surface area contributed by atoms with Crippen LogP contribution in [-0.2, 0) is 0 Å². The molecule has 4 aromatic rings. The van der Waals surface area contributed by atoms with E-state index in [-0.39, 0.29) is 11.1 Å². The van der Waals surface area contributed by atoms with E-state index in [0.29, 0.717) is 35.4 Å². The number of hydrogen-bond acceptors (Lipinski definition) is 5. The average molecular weight is 395 g/mol. The van der Waals surface area contributed by atoms with Gasteiger partial charge in [0, 0.05) is 18.1 Å². The first kappa shape index (κ1) is 18.2. The highest BCUT2D eigenvalue weighted by Crippen LogP contribution is 2.21. The van der Waals surface area contributed by atoms with Gasteiger partial charge in [0.25, 0.3) is 5.56 Å². The molecule has 28 heavy (non-hydrogen) atoms. The SMILES string of the molecule is CCN(CC)c1nc2c(nnn2-c2ccccc2)c(=O)n1-c1ccc(Cl)cc1. The van der Waals surface area contributed by atoms with Gasteiger partial charge in [-0.1, -0.05) is 35.0 Å². The van der Waals surface area contributed by atoms with Gasteiger partial charge < -0.3 is 4.90 Å². The van der Waals surface area contributed by atoms with E-state index in [0.717, 1.165) is 5.69 Å². The zero-order valence-corrected chi connectivity index (χ0v) is 16.3. The van der Waals surface area contributed by atoms with Crippen molar-refractivity contribution in [2.45, 2.75) is 13.8 Å². The molecule has 0 amide bonds. The molecular formula is C20H19ClN6O. The summed E-state index contributed by atoms with van der Waals surface area (Å²) in [5.41, 5.74) is 1.86. The second-order valence-corrected chi connectivity index (χ2v) is 6.65. The average Bonchev–Trinajstić information content (AvgIpc) is 3.15. The minimum atomic E-state index is -0.267. The number of rotatable bonds is 5. The standard InChI is InChI=1S/C20H19ClN6O/c1-3-25(4-2)20-22-18-17(23-24-27(18)16-8-6-5-7-9-16)19(28)26(20)15-12-10-14(21)11-13-15/h5-13H,3-4H2,1-2H3. The Hall–Kier alpha value is -3.19. The maximum absolute atomic E-state index is 13.4. The summed E-state index contributed by atoms with van der Waals surface area (Å²) in [6, 6.07) is 16.6. The number of hydrogen-bond donors (Lipinski definition) is 0. The Bertz CT molecular complexity index is 1160. The fourth-order valence-corrected chi connectivity index (χ4v) is 3.27. The molecule has 0 radical (unpaired) electrons. The van der Waals surface area contributed by atoms with E-state index in [1.54, 1.807) is 33.5 Å². The van der Waals surface area contributed by atoms with Gasteiger partial charge in [-0.3, -0.25) is 4.79 Å². The van der Waals surface area contributed by atoms with Crippen molar-refractivity contribution in [3.05, 3.63) is 70.0 Å². The lowest BCUT2D eigenvalue weighted by Crippen LogP contribution is -2.32. The number of benzene rings is 2. The molecule has 0 saturated heterocycles. The Morgan fingerprint density at radius 3 is 2.29 bits per heavy atom. The highest BCUT2D eigenvalue weighted by molar-refractivity contribution is 6.30. The van der Waals surface area contributed by atoms with Gasteiger partial charge in [0.2, 0.25) is 5.95 Å². The Morgan fingerprint density at radius 1 is 0.964 bits per heavy atom. The summed E-state index contributed by atoms with van der Waals surface area (Å²) in [5.74, 6) is 0.546. The minimum Gasteiger partial charge on any atom is -0.342 e. The predicted octanol–water partition coefficient (Wildman–Crippen LogP) is 3.47. The Morgan fingerprint density at radius 2 is 1.64 bits per heavy atom. The molecule has 8 heteroatoms. The quantitative estimate of drug-likeness (QED) is 0.518. The van der Waals surface area contributed by atoms with Gasteiger partial charge in [-0.25, -0.2) is 4.57 Å². The lowest BCUT2D eigenvalue weighted by Gasteiger charge is -2.23. The third kappa shape index (κ3) is 3.03. The molecule has 0 bridgehead atoms. The molecule has 0 aliphatic carbocycles. The smallest absolute Gasteiger partial charge is 0.289 e. The van der Waals surface area contributed by atoms with Gasteiger partial charge in [0.15, 0.2) is 11.2 Å². The summed E-state index contributed by atoms with van der Waals surface area (Å²) in [7, 11) is 0. The van der Waals surface area contributed by atoms with Gasteiger partial charge >= 0.3 is 0 Å². The van der Waals surface area contributed by atoms with Gasteiger partial charge in [0.05, 0.1) is 11.4 Å². The number of aromatic nitrogens is 5. The van der Waals surface area contributed by atoms with Crippen LogP contribution in [0.4, 0.5) is 5.95 Å². The molecule has 7 nitrogen and oxygen atoms in total. The third-order valence-electron chi connectivity index (χ3n) is 4.59. The van der Waals surface area contributed by atoms with Crippen molar-refractivity contribution >= 4 is 28.7 Å². The largest absolute Gasteiger partial charge is 0.342 e. The van der Waals surface area contributed by atoms with E-state index < -0.39 is 0 Å². The first-order valence-corrected chi connectivity index (χ1v) is 9.46. The molecule has 0 spiro atoms. The molecule has 2 heterocycles. The van der Waals surface area contributed by atoms with E-state index in [9.17, 15) is 4.79 Å². The van der Waals surface area contributed by atoms with Crippen LogP contribution in [-0.4, -0.2) is 37.6 Å². The molecule has 0 fully saturated rings. The molecule has 2 aromatic heterocycles. The van der Waals surface area contributed by atoms with Crippen molar-refractivity contribution in [2.24, 2.45) is 0 Å². The summed E-state index contributed by atoms with van der Waals surface area (Å²) in [4.78, 5) is 20.2. The molecule has 2 aromatic carbocycles. The monoisotopic (exact) mass is 394 g/mol. The number of nitrogens with zero attached hydrogens (tertiary/aromatic N) is 6. The molecule has 0 saturated carbocycles. The first-order chi connectivity index (χ1) is 13.6. The van der Waals surface area contributed by atoms with Crippen LogP contribution in [0.3, 0.4) is 0 Å². The van der Waals surface area contributed by atoms with Crippen molar-refractivity contribution in [1.29, 1.82) is 0 Å². The maximum atomic E-state index is 13.4. The molecule has 0 aliphatic heterocycles. The molecule has 0 unspecified atom stereocenters. The summed E-state index contributed by atoms with van der Waals surface area (Å²) >= 11 is 6.02. The Balaban J connectivity index is 2.04. The van der Waals surface area contributed by atoms with Gasteiger partial charge in [-0.2, -0.15) is 9.67 Å². The highest BCUT2D eigenvalue weighted by Gasteiger charge is 2.21. The number of anilines is 1. The van der Waals surface area contributed by atoms with Crippen LogP contribution in [0.5, 0.6) is 0 Å². The van der Waals surface area contributed by atoms with E-state index >= 15 is 0 Å². The van der Waals surface area contributed by atoms with Gasteiger partial charge in [-0.05, 0) is 50.2 Å². The van der Waals surface area contributed by atoms with Crippen LogP contribution < -0.4 is 10.5 Å². The maximum Gasteiger partial charge on any atom is 0.289 e. The number of halogens is 1. The normalized spacial score (nSPS) is 11.1. The topological polar surface area (TPSA) is 68.8 Å².